The number of ether oxygens (including phenoxy) is 1. The minimum absolute atomic E-state index is 0.228. The van der Waals surface area contributed by atoms with E-state index in [-0.39, 0.29) is 19.4 Å². The number of aryl methyl sites for hydroxylation is 1. The highest BCUT2D eigenvalue weighted by Crippen LogP contribution is 2.39. The smallest absolute Gasteiger partial charge is 0.303 e. The Hall–Kier alpha value is -4.60. The highest BCUT2D eigenvalue weighted by molar-refractivity contribution is 5.80. The van der Waals surface area contributed by atoms with E-state index in [0.717, 1.165) is 33.8 Å². The quantitative estimate of drug-likeness (QED) is 0.264. The van der Waals surface area contributed by atoms with Crippen LogP contribution in [-0.2, 0) is 22.7 Å². The lowest BCUT2D eigenvalue weighted by molar-refractivity contribution is -0.143. The number of aromatic nitrogens is 4. The van der Waals surface area contributed by atoms with E-state index in [0.29, 0.717) is 12.5 Å². The first kappa shape index (κ1) is 27.4. The van der Waals surface area contributed by atoms with Crippen molar-refractivity contribution in [3.05, 3.63) is 84.6 Å². The van der Waals surface area contributed by atoms with Crippen LogP contribution in [0.25, 0.3) is 22.4 Å². The van der Waals surface area contributed by atoms with Crippen LogP contribution in [0, 0.1) is 0 Å². The normalized spacial score (nSPS) is 12.3. The van der Waals surface area contributed by atoms with E-state index < -0.39 is 18.6 Å². The van der Waals surface area contributed by atoms with Gasteiger partial charge in [0, 0.05) is 41.3 Å². The zero-order valence-electron chi connectivity index (χ0n) is 21.2. The number of halogens is 1. The molecule has 1 aromatic carbocycles. The largest absolute Gasteiger partial charge is 0.487 e. The Morgan fingerprint density at radius 1 is 0.949 bits per heavy atom. The lowest BCUT2D eigenvalue weighted by atomic mass is 10.0. The van der Waals surface area contributed by atoms with Gasteiger partial charge in [0.1, 0.15) is 24.7 Å². The predicted octanol–water partition coefficient (Wildman–Crippen LogP) is 5.37. The van der Waals surface area contributed by atoms with Gasteiger partial charge < -0.3 is 14.9 Å². The molecule has 1 saturated carbocycles. The van der Waals surface area contributed by atoms with Gasteiger partial charge in [-0.15, -0.1) is 0 Å². The third kappa shape index (κ3) is 8.19. The second-order valence-corrected chi connectivity index (χ2v) is 9.01. The Bertz CT molecular complexity index is 1370. The van der Waals surface area contributed by atoms with E-state index >= 15 is 0 Å². The van der Waals surface area contributed by atoms with Gasteiger partial charge in [0.2, 0.25) is 0 Å². The van der Waals surface area contributed by atoms with Gasteiger partial charge in [0.05, 0.1) is 25.1 Å². The second kappa shape index (κ2) is 13.3. The molecule has 9 nitrogen and oxygen atoms in total. The predicted molar refractivity (Wildman–Crippen MR) is 142 cm³/mol. The van der Waals surface area contributed by atoms with Gasteiger partial charge >= 0.3 is 11.9 Å². The van der Waals surface area contributed by atoms with Crippen molar-refractivity contribution < 1.29 is 28.9 Å². The summed E-state index contributed by atoms with van der Waals surface area (Å²) in [6.07, 6.45) is 7.25. The van der Waals surface area contributed by atoms with Gasteiger partial charge in [-0.1, -0.05) is 6.07 Å². The molecule has 0 radical (unpaired) electrons. The van der Waals surface area contributed by atoms with Crippen molar-refractivity contribution >= 4 is 11.9 Å². The average Bonchev–Trinajstić information content (AvgIpc) is 3.72. The summed E-state index contributed by atoms with van der Waals surface area (Å²) in [6, 6.07) is 17.8. The molecule has 0 amide bonds. The minimum atomic E-state index is -1.08. The lowest BCUT2D eigenvalue weighted by Crippen LogP contribution is -2.00. The summed E-state index contributed by atoms with van der Waals surface area (Å²) in [5, 5.41) is 20.4. The second-order valence-electron chi connectivity index (χ2n) is 9.01. The molecule has 0 aliphatic heterocycles. The molecule has 5 rings (SSSR count). The van der Waals surface area contributed by atoms with Crippen LogP contribution < -0.4 is 4.74 Å². The van der Waals surface area contributed by atoms with E-state index in [1.165, 1.54) is 18.5 Å². The number of carbonyl (C=O) groups is 2. The molecule has 0 saturated heterocycles. The van der Waals surface area contributed by atoms with Crippen molar-refractivity contribution in [1.29, 1.82) is 0 Å². The zero-order valence-corrected chi connectivity index (χ0v) is 21.2. The fourth-order valence-electron chi connectivity index (χ4n) is 3.84. The van der Waals surface area contributed by atoms with Crippen LogP contribution in [0.1, 0.15) is 43.0 Å². The molecule has 0 unspecified atom stereocenters. The Morgan fingerprint density at radius 3 is 2.26 bits per heavy atom. The monoisotopic (exact) mass is 532 g/mol. The van der Waals surface area contributed by atoms with Crippen LogP contribution in [0.4, 0.5) is 4.39 Å². The summed E-state index contributed by atoms with van der Waals surface area (Å²) in [4.78, 5) is 28.1. The number of carboxylic acid groups (broad SMARTS) is 2. The van der Waals surface area contributed by atoms with Gasteiger partial charge in [-0.3, -0.25) is 24.2 Å². The Labute approximate surface area is 224 Å². The fraction of sp³-hybridized carbons (Fsp3) is 0.276. The van der Waals surface area contributed by atoms with Crippen LogP contribution in [-0.4, -0.2) is 48.6 Å². The molecule has 0 atom stereocenters. The van der Waals surface area contributed by atoms with Gasteiger partial charge in [-0.05, 0) is 66.9 Å². The zero-order chi connectivity index (χ0) is 27.6. The molecule has 10 heteroatoms. The molecule has 202 valence electrons. The van der Waals surface area contributed by atoms with E-state index in [9.17, 15) is 14.0 Å². The van der Waals surface area contributed by atoms with Crippen molar-refractivity contribution in [2.45, 2.75) is 44.8 Å². The molecule has 0 bridgehead atoms. The number of rotatable bonds is 11. The van der Waals surface area contributed by atoms with Crippen LogP contribution in [0.3, 0.4) is 0 Å². The lowest BCUT2D eigenvalue weighted by Gasteiger charge is -2.08. The number of benzene rings is 1. The van der Waals surface area contributed by atoms with Crippen molar-refractivity contribution in [2.24, 2.45) is 0 Å². The first-order valence-electron chi connectivity index (χ1n) is 12.6. The Morgan fingerprint density at radius 2 is 1.64 bits per heavy atom. The topological polar surface area (TPSA) is 127 Å². The number of hydrogen-bond donors (Lipinski definition) is 2. The Balaban J connectivity index is 0.000000386. The summed E-state index contributed by atoms with van der Waals surface area (Å²) in [6.45, 7) is 0.208. The molecule has 3 aromatic heterocycles. The molecular formula is C29H29FN4O5. The summed E-state index contributed by atoms with van der Waals surface area (Å²) >= 11 is 0. The minimum Gasteiger partial charge on any atom is -0.487 e. The fourth-order valence-corrected chi connectivity index (χ4v) is 3.84. The third-order valence-electron chi connectivity index (χ3n) is 5.96. The van der Waals surface area contributed by atoms with E-state index in [1.54, 1.807) is 17.1 Å². The summed E-state index contributed by atoms with van der Waals surface area (Å²) in [5.41, 5.74) is 5.82. The molecule has 39 heavy (non-hydrogen) atoms. The standard InChI is InChI=1S/C25H23FN4O.C4H6O4/c26-12-15-30-16-23(18-10-13-27-14-11-18)25(29-30)20-6-8-22(9-7-20)31-17-21-2-1-3-24(28-21)19-4-5-19;5-3(6)1-2-4(7)8/h1-3,6-11,13-14,16,19H,4-5,12,15,17H2;1-2H2,(H,5,6)(H,7,8). The van der Waals surface area contributed by atoms with Gasteiger partial charge in [-0.25, -0.2) is 4.39 Å². The molecule has 0 spiro atoms. The van der Waals surface area contributed by atoms with Crippen LogP contribution in [0.5, 0.6) is 5.75 Å². The maximum Gasteiger partial charge on any atom is 0.303 e. The first-order chi connectivity index (χ1) is 18.9. The average molecular weight is 533 g/mol. The number of hydrogen-bond acceptors (Lipinski definition) is 6. The molecular weight excluding hydrogens is 503 g/mol. The van der Waals surface area contributed by atoms with E-state index in [2.05, 4.69) is 22.2 Å². The molecule has 2 N–H and O–H groups in total. The van der Waals surface area contributed by atoms with Crippen LogP contribution >= 0.6 is 0 Å². The molecule has 3 heterocycles. The maximum atomic E-state index is 12.9. The highest BCUT2D eigenvalue weighted by atomic mass is 19.1. The van der Waals surface area contributed by atoms with Crippen molar-refractivity contribution in [2.75, 3.05) is 6.67 Å². The van der Waals surface area contributed by atoms with Crippen molar-refractivity contribution in [3.8, 4) is 28.1 Å². The third-order valence-corrected chi connectivity index (χ3v) is 5.96. The van der Waals surface area contributed by atoms with Gasteiger partial charge in [-0.2, -0.15) is 5.10 Å². The number of carboxylic acids is 2. The SMILES string of the molecule is FCCn1cc(-c2ccncc2)c(-c2ccc(OCc3cccc(C4CC4)n3)cc2)n1.O=C(O)CCC(=O)O. The molecule has 1 aliphatic carbocycles. The number of nitrogens with zero attached hydrogens (tertiary/aromatic N) is 4. The van der Waals surface area contributed by atoms with Gasteiger partial charge in [0.15, 0.2) is 0 Å². The first-order valence-corrected chi connectivity index (χ1v) is 12.6. The van der Waals surface area contributed by atoms with Crippen molar-refractivity contribution in [3.63, 3.8) is 0 Å². The number of pyridine rings is 2. The van der Waals surface area contributed by atoms with Crippen molar-refractivity contribution in [1.82, 2.24) is 19.7 Å². The van der Waals surface area contributed by atoms with E-state index in [4.69, 9.17) is 19.9 Å². The Kier molecular flexibility index (Phi) is 9.34. The molecule has 1 fully saturated rings. The number of aliphatic carboxylic acids is 2. The maximum absolute atomic E-state index is 12.9. The van der Waals surface area contributed by atoms with E-state index in [1.807, 2.05) is 48.7 Å². The highest BCUT2D eigenvalue weighted by Gasteiger charge is 2.24. The number of alkyl halides is 1. The summed E-state index contributed by atoms with van der Waals surface area (Å²) in [7, 11) is 0. The molecule has 1 aliphatic rings. The van der Waals surface area contributed by atoms with Crippen LogP contribution in [0.2, 0.25) is 0 Å². The molecule has 4 aromatic rings. The summed E-state index contributed by atoms with van der Waals surface area (Å²) < 4.78 is 20.5. The van der Waals surface area contributed by atoms with Crippen LogP contribution in [0.15, 0.2) is 73.2 Å². The summed E-state index contributed by atoms with van der Waals surface area (Å²) in [5.74, 6) is -0.748. The van der Waals surface area contributed by atoms with Gasteiger partial charge in [0.25, 0.3) is 0 Å².